The Morgan fingerprint density at radius 3 is 2.40 bits per heavy atom. The first kappa shape index (κ1) is 13.9. The average Bonchev–Trinajstić information content (AvgIpc) is 2.12. The molecule has 0 aliphatic heterocycles. The fourth-order valence-corrected chi connectivity index (χ4v) is 1.20. The summed E-state index contributed by atoms with van der Waals surface area (Å²) in [5.74, 6) is -0.107. The third-order valence-electron chi connectivity index (χ3n) is 2.18. The molecular formula is C10H21N3O2. The van der Waals surface area contributed by atoms with E-state index in [0.717, 1.165) is 6.42 Å². The van der Waals surface area contributed by atoms with Gasteiger partial charge in [-0.3, -0.25) is 9.59 Å². The predicted octanol–water partition coefficient (Wildman–Crippen LogP) is -0.258. The van der Waals surface area contributed by atoms with Gasteiger partial charge in [0, 0.05) is 18.9 Å². The van der Waals surface area contributed by atoms with E-state index in [1.54, 1.807) is 6.92 Å². The second-order valence-corrected chi connectivity index (χ2v) is 4.02. The first-order chi connectivity index (χ1) is 6.95. The van der Waals surface area contributed by atoms with Gasteiger partial charge in [-0.15, -0.1) is 0 Å². The van der Waals surface area contributed by atoms with Gasteiger partial charge in [0.25, 0.3) is 0 Å². The molecule has 5 nitrogen and oxygen atoms in total. The van der Waals surface area contributed by atoms with Crippen molar-refractivity contribution >= 4 is 11.8 Å². The molecule has 2 atom stereocenters. The maximum absolute atomic E-state index is 11.4. The van der Waals surface area contributed by atoms with Gasteiger partial charge in [-0.2, -0.15) is 0 Å². The number of hydrogen-bond acceptors (Lipinski definition) is 3. The summed E-state index contributed by atoms with van der Waals surface area (Å²) < 4.78 is 0. The summed E-state index contributed by atoms with van der Waals surface area (Å²) in [5.41, 5.74) is 10.4. The predicted molar refractivity (Wildman–Crippen MR) is 58.9 cm³/mol. The van der Waals surface area contributed by atoms with E-state index in [0.29, 0.717) is 18.9 Å². The summed E-state index contributed by atoms with van der Waals surface area (Å²) in [6.07, 6.45) is 1.39. The van der Waals surface area contributed by atoms with Crippen LogP contribution in [0.3, 0.4) is 0 Å². The second-order valence-electron chi connectivity index (χ2n) is 4.02. The van der Waals surface area contributed by atoms with E-state index in [-0.39, 0.29) is 18.4 Å². The van der Waals surface area contributed by atoms with Crippen molar-refractivity contribution in [2.45, 2.75) is 39.2 Å². The third kappa shape index (κ3) is 7.93. The van der Waals surface area contributed by atoms with Crippen molar-refractivity contribution in [2.75, 3.05) is 6.54 Å². The molecule has 0 saturated heterocycles. The fourth-order valence-electron chi connectivity index (χ4n) is 1.20. The standard InChI is InChI=1S/C10H21N3O2/c1-7(6-11)3-4-10(15)13-8(2)5-9(12)14/h7-8H,3-6,11H2,1-2H3,(H2,12,14)(H,13,15). The number of amides is 2. The van der Waals surface area contributed by atoms with Crippen molar-refractivity contribution in [1.82, 2.24) is 5.32 Å². The Hall–Kier alpha value is -1.10. The highest BCUT2D eigenvalue weighted by molar-refractivity contribution is 5.78. The van der Waals surface area contributed by atoms with Crippen molar-refractivity contribution in [2.24, 2.45) is 17.4 Å². The number of primary amides is 1. The smallest absolute Gasteiger partial charge is 0.220 e. The number of nitrogens with two attached hydrogens (primary N) is 2. The number of nitrogens with one attached hydrogen (secondary N) is 1. The van der Waals surface area contributed by atoms with Gasteiger partial charge in [0.15, 0.2) is 0 Å². The van der Waals surface area contributed by atoms with Crippen LogP contribution in [0.5, 0.6) is 0 Å². The normalized spacial score (nSPS) is 14.3. The summed E-state index contributed by atoms with van der Waals surface area (Å²) in [6.45, 7) is 4.35. The van der Waals surface area contributed by atoms with Crippen LogP contribution in [0.1, 0.15) is 33.1 Å². The van der Waals surface area contributed by atoms with Crippen LogP contribution in [-0.2, 0) is 9.59 Å². The largest absolute Gasteiger partial charge is 0.370 e. The van der Waals surface area contributed by atoms with Gasteiger partial charge < -0.3 is 16.8 Å². The lowest BCUT2D eigenvalue weighted by molar-refractivity contribution is -0.122. The highest BCUT2D eigenvalue weighted by Gasteiger charge is 2.10. The fraction of sp³-hybridized carbons (Fsp3) is 0.800. The molecule has 0 radical (unpaired) electrons. The molecule has 0 spiro atoms. The average molecular weight is 215 g/mol. The Balaban J connectivity index is 3.69. The second kappa shape index (κ2) is 7.23. The molecule has 0 aliphatic carbocycles. The summed E-state index contributed by atoms with van der Waals surface area (Å²) in [4.78, 5) is 21.9. The van der Waals surface area contributed by atoms with E-state index in [1.807, 2.05) is 6.92 Å². The first-order valence-electron chi connectivity index (χ1n) is 5.23. The van der Waals surface area contributed by atoms with Crippen LogP contribution in [0.15, 0.2) is 0 Å². The molecule has 0 saturated carbocycles. The maximum Gasteiger partial charge on any atom is 0.220 e. The van der Waals surface area contributed by atoms with Crippen LogP contribution < -0.4 is 16.8 Å². The molecule has 15 heavy (non-hydrogen) atoms. The van der Waals surface area contributed by atoms with E-state index in [9.17, 15) is 9.59 Å². The molecule has 88 valence electrons. The number of carbonyl (C=O) groups is 2. The summed E-state index contributed by atoms with van der Waals surface area (Å²) in [5, 5.41) is 2.71. The number of carbonyl (C=O) groups excluding carboxylic acids is 2. The van der Waals surface area contributed by atoms with E-state index >= 15 is 0 Å². The van der Waals surface area contributed by atoms with Crippen molar-refractivity contribution in [3.05, 3.63) is 0 Å². The summed E-state index contributed by atoms with van der Waals surface area (Å²) in [7, 11) is 0. The van der Waals surface area contributed by atoms with Crippen molar-refractivity contribution in [3.8, 4) is 0 Å². The quantitative estimate of drug-likeness (QED) is 0.545. The molecule has 0 aliphatic rings. The zero-order valence-corrected chi connectivity index (χ0v) is 9.45. The number of rotatable bonds is 7. The highest BCUT2D eigenvalue weighted by atomic mass is 16.2. The molecule has 5 N–H and O–H groups in total. The van der Waals surface area contributed by atoms with Gasteiger partial charge in [-0.1, -0.05) is 6.92 Å². The zero-order chi connectivity index (χ0) is 11.8. The monoisotopic (exact) mass is 215 g/mol. The lowest BCUT2D eigenvalue weighted by atomic mass is 10.1. The van der Waals surface area contributed by atoms with Gasteiger partial charge in [-0.05, 0) is 25.8 Å². The molecule has 0 heterocycles. The van der Waals surface area contributed by atoms with Crippen molar-refractivity contribution in [1.29, 1.82) is 0 Å². The summed E-state index contributed by atoms with van der Waals surface area (Å²) >= 11 is 0. The minimum Gasteiger partial charge on any atom is -0.370 e. The summed E-state index contributed by atoms with van der Waals surface area (Å²) in [6, 6.07) is -0.191. The topological polar surface area (TPSA) is 98.2 Å². The molecular weight excluding hydrogens is 194 g/mol. The number of hydrogen-bond donors (Lipinski definition) is 3. The molecule has 0 rings (SSSR count). The minimum absolute atomic E-state index is 0.0518. The molecule has 0 aromatic rings. The Morgan fingerprint density at radius 1 is 1.33 bits per heavy atom. The molecule has 0 aromatic heterocycles. The first-order valence-corrected chi connectivity index (χ1v) is 5.23. The Labute approximate surface area is 90.6 Å². The molecule has 0 bridgehead atoms. The third-order valence-corrected chi connectivity index (χ3v) is 2.18. The van der Waals surface area contributed by atoms with E-state index in [1.165, 1.54) is 0 Å². The van der Waals surface area contributed by atoms with Gasteiger partial charge in [0.1, 0.15) is 0 Å². The zero-order valence-electron chi connectivity index (χ0n) is 9.45. The molecule has 0 aromatic carbocycles. The SMILES string of the molecule is CC(CN)CCC(=O)NC(C)CC(N)=O. The van der Waals surface area contributed by atoms with Crippen LogP contribution in [0.25, 0.3) is 0 Å². The molecule has 5 heteroatoms. The molecule has 2 unspecified atom stereocenters. The van der Waals surface area contributed by atoms with E-state index < -0.39 is 5.91 Å². The lowest BCUT2D eigenvalue weighted by Crippen LogP contribution is -2.35. The van der Waals surface area contributed by atoms with Crippen LogP contribution in [0.2, 0.25) is 0 Å². The Kier molecular flexibility index (Phi) is 6.70. The Morgan fingerprint density at radius 2 is 1.93 bits per heavy atom. The molecule has 2 amide bonds. The van der Waals surface area contributed by atoms with E-state index in [4.69, 9.17) is 11.5 Å². The van der Waals surface area contributed by atoms with Gasteiger partial charge in [0.05, 0.1) is 0 Å². The van der Waals surface area contributed by atoms with Gasteiger partial charge >= 0.3 is 0 Å². The van der Waals surface area contributed by atoms with E-state index in [2.05, 4.69) is 5.32 Å². The molecule has 0 fully saturated rings. The van der Waals surface area contributed by atoms with Crippen LogP contribution in [0, 0.1) is 5.92 Å². The van der Waals surface area contributed by atoms with Crippen LogP contribution in [0.4, 0.5) is 0 Å². The van der Waals surface area contributed by atoms with Crippen LogP contribution >= 0.6 is 0 Å². The van der Waals surface area contributed by atoms with Gasteiger partial charge in [0.2, 0.25) is 11.8 Å². The maximum atomic E-state index is 11.4. The minimum atomic E-state index is -0.405. The Bertz CT molecular complexity index is 219. The highest BCUT2D eigenvalue weighted by Crippen LogP contribution is 2.03. The lowest BCUT2D eigenvalue weighted by Gasteiger charge is -2.13. The van der Waals surface area contributed by atoms with Gasteiger partial charge in [-0.25, -0.2) is 0 Å². The van der Waals surface area contributed by atoms with Crippen molar-refractivity contribution in [3.63, 3.8) is 0 Å². The van der Waals surface area contributed by atoms with Crippen LogP contribution in [-0.4, -0.2) is 24.4 Å². The van der Waals surface area contributed by atoms with Crippen molar-refractivity contribution < 1.29 is 9.59 Å².